The molecule has 0 heterocycles. The van der Waals surface area contributed by atoms with Gasteiger partial charge in [0.2, 0.25) is 0 Å². The summed E-state index contributed by atoms with van der Waals surface area (Å²) in [5.41, 5.74) is 7.20. The number of nitrogens with two attached hydrogens (primary N) is 1. The van der Waals surface area contributed by atoms with Crippen LogP contribution in [0.1, 0.15) is 29.0 Å². The molecule has 3 rings (SSSR count). The first-order valence-corrected chi connectivity index (χ1v) is 7.44. The number of hydrazine groups is 1. The number of aryl methyl sites for hydroxylation is 1. The molecule has 2 nitrogen and oxygen atoms in total. The average Bonchev–Trinajstić information content (AvgIpc) is 2.91. The largest absolute Gasteiger partial charge is 0.271 e. The van der Waals surface area contributed by atoms with Gasteiger partial charge in [-0.2, -0.15) is 0 Å². The third-order valence-electron chi connectivity index (χ3n) is 4.25. The minimum atomic E-state index is 0.264. The van der Waals surface area contributed by atoms with Crippen molar-refractivity contribution in [2.24, 2.45) is 5.84 Å². The Labute approximate surface area is 124 Å². The quantitative estimate of drug-likeness (QED) is 0.667. The molecule has 0 spiro atoms. The molecule has 0 fully saturated rings. The zero-order chi connectivity index (χ0) is 13.9. The summed E-state index contributed by atoms with van der Waals surface area (Å²) < 4.78 is 0. The van der Waals surface area contributed by atoms with Crippen LogP contribution in [0.2, 0.25) is 5.02 Å². The van der Waals surface area contributed by atoms with Crippen molar-refractivity contribution in [3.63, 3.8) is 0 Å². The minimum Gasteiger partial charge on any atom is -0.271 e. The molecule has 0 radical (unpaired) electrons. The van der Waals surface area contributed by atoms with Crippen molar-refractivity contribution in [1.82, 2.24) is 5.43 Å². The topological polar surface area (TPSA) is 38.0 Å². The molecule has 3 N–H and O–H groups in total. The molecular weight excluding hydrogens is 268 g/mol. The summed E-state index contributed by atoms with van der Waals surface area (Å²) in [6.07, 6.45) is 3.24. The second-order valence-electron chi connectivity index (χ2n) is 5.45. The molecule has 0 saturated heterocycles. The van der Waals surface area contributed by atoms with E-state index in [2.05, 4.69) is 41.8 Å². The molecular formula is C17H19ClN2. The minimum absolute atomic E-state index is 0.264. The van der Waals surface area contributed by atoms with Crippen LogP contribution in [0, 0.1) is 0 Å². The molecule has 0 bridgehead atoms. The maximum atomic E-state index is 5.94. The molecule has 0 saturated carbocycles. The Morgan fingerprint density at radius 2 is 1.90 bits per heavy atom. The predicted molar refractivity (Wildman–Crippen MR) is 83.8 cm³/mol. The van der Waals surface area contributed by atoms with E-state index in [1.54, 1.807) is 0 Å². The maximum Gasteiger partial charge on any atom is 0.0406 e. The number of nitrogens with one attached hydrogen (secondary N) is 1. The molecule has 3 heteroatoms. The van der Waals surface area contributed by atoms with Crippen molar-refractivity contribution in [1.29, 1.82) is 0 Å². The molecule has 0 amide bonds. The van der Waals surface area contributed by atoms with E-state index in [0.29, 0.717) is 5.92 Å². The number of rotatable bonds is 4. The highest BCUT2D eigenvalue weighted by Crippen LogP contribution is 2.36. The third kappa shape index (κ3) is 2.73. The predicted octanol–water partition coefficient (Wildman–Crippen LogP) is 3.44. The lowest BCUT2D eigenvalue weighted by Gasteiger charge is -2.24. The fourth-order valence-electron chi connectivity index (χ4n) is 3.20. The Bertz CT molecular complexity index is 580. The first-order valence-electron chi connectivity index (χ1n) is 7.06. The number of hydrogen-bond donors (Lipinski definition) is 2. The Balaban J connectivity index is 1.79. The Hall–Kier alpha value is -1.35. The van der Waals surface area contributed by atoms with Gasteiger partial charge < -0.3 is 0 Å². The smallest absolute Gasteiger partial charge is 0.0406 e. The maximum absolute atomic E-state index is 5.94. The van der Waals surface area contributed by atoms with Crippen LogP contribution in [0.5, 0.6) is 0 Å². The lowest BCUT2D eigenvalue weighted by Crippen LogP contribution is -2.40. The van der Waals surface area contributed by atoms with Crippen molar-refractivity contribution >= 4 is 11.6 Å². The number of hydrogen-bond acceptors (Lipinski definition) is 2. The van der Waals surface area contributed by atoms with E-state index >= 15 is 0 Å². The lowest BCUT2D eigenvalue weighted by molar-refractivity contribution is 0.434. The van der Waals surface area contributed by atoms with Gasteiger partial charge in [0.1, 0.15) is 0 Å². The SMILES string of the molecule is NNC(Cc1ccc(Cl)cc1)C1CCc2ccccc21. The summed E-state index contributed by atoms with van der Waals surface area (Å²) in [7, 11) is 0. The molecule has 2 atom stereocenters. The van der Waals surface area contributed by atoms with Crippen LogP contribution in [0.15, 0.2) is 48.5 Å². The summed E-state index contributed by atoms with van der Waals surface area (Å²) >= 11 is 5.94. The van der Waals surface area contributed by atoms with Gasteiger partial charge >= 0.3 is 0 Å². The van der Waals surface area contributed by atoms with E-state index in [-0.39, 0.29) is 6.04 Å². The van der Waals surface area contributed by atoms with E-state index in [0.717, 1.165) is 17.9 Å². The molecule has 20 heavy (non-hydrogen) atoms. The number of halogens is 1. The van der Waals surface area contributed by atoms with Gasteiger partial charge in [0.25, 0.3) is 0 Å². The van der Waals surface area contributed by atoms with Crippen molar-refractivity contribution in [3.8, 4) is 0 Å². The van der Waals surface area contributed by atoms with Crippen LogP contribution in [0.3, 0.4) is 0 Å². The van der Waals surface area contributed by atoms with E-state index in [4.69, 9.17) is 17.4 Å². The molecule has 2 aromatic carbocycles. The zero-order valence-corrected chi connectivity index (χ0v) is 12.1. The van der Waals surface area contributed by atoms with E-state index < -0.39 is 0 Å². The molecule has 0 aromatic heterocycles. The molecule has 1 aliphatic rings. The molecule has 104 valence electrons. The second-order valence-corrected chi connectivity index (χ2v) is 5.88. The Morgan fingerprint density at radius 3 is 2.65 bits per heavy atom. The van der Waals surface area contributed by atoms with Gasteiger partial charge in [-0.1, -0.05) is 48.0 Å². The van der Waals surface area contributed by atoms with Crippen LogP contribution in [0.25, 0.3) is 0 Å². The Kier molecular flexibility index (Phi) is 4.06. The van der Waals surface area contributed by atoms with Gasteiger partial charge in [0.05, 0.1) is 0 Å². The highest BCUT2D eigenvalue weighted by atomic mass is 35.5. The second kappa shape index (κ2) is 5.96. The summed E-state index contributed by atoms with van der Waals surface area (Å²) in [5.74, 6) is 6.30. The van der Waals surface area contributed by atoms with E-state index in [9.17, 15) is 0 Å². The van der Waals surface area contributed by atoms with Gasteiger partial charge in [-0.3, -0.25) is 11.3 Å². The van der Waals surface area contributed by atoms with Crippen LogP contribution in [-0.2, 0) is 12.8 Å². The van der Waals surface area contributed by atoms with Gasteiger partial charge in [0.15, 0.2) is 0 Å². The fraction of sp³-hybridized carbons (Fsp3) is 0.294. The average molecular weight is 287 g/mol. The van der Waals surface area contributed by atoms with Gasteiger partial charge in [-0.25, -0.2) is 0 Å². The first-order chi connectivity index (χ1) is 9.78. The van der Waals surface area contributed by atoms with Crippen molar-refractivity contribution in [2.45, 2.75) is 31.2 Å². The highest BCUT2D eigenvalue weighted by molar-refractivity contribution is 6.30. The standard InChI is InChI=1S/C17H19ClN2/c18-14-8-5-12(6-9-14)11-17(20-19)16-10-7-13-3-1-2-4-15(13)16/h1-6,8-9,16-17,20H,7,10-11,19H2. The van der Waals surface area contributed by atoms with Crippen molar-refractivity contribution in [3.05, 3.63) is 70.2 Å². The molecule has 1 aliphatic carbocycles. The summed E-state index contributed by atoms with van der Waals surface area (Å²) in [4.78, 5) is 0. The van der Waals surface area contributed by atoms with E-state index in [1.165, 1.54) is 23.1 Å². The van der Waals surface area contributed by atoms with Crippen LogP contribution in [0.4, 0.5) is 0 Å². The monoisotopic (exact) mass is 286 g/mol. The van der Waals surface area contributed by atoms with Crippen LogP contribution in [-0.4, -0.2) is 6.04 Å². The molecule has 2 aromatic rings. The first kappa shape index (κ1) is 13.6. The third-order valence-corrected chi connectivity index (χ3v) is 4.50. The zero-order valence-electron chi connectivity index (χ0n) is 11.4. The van der Waals surface area contributed by atoms with E-state index in [1.807, 2.05) is 12.1 Å². The lowest BCUT2D eigenvalue weighted by atomic mass is 9.89. The summed E-state index contributed by atoms with van der Waals surface area (Å²) in [6, 6.07) is 17.0. The van der Waals surface area contributed by atoms with Crippen molar-refractivity contribution in [2.75, 3.05) is 0 Å². The summed E-state index contributed by atoms with van der Waals surface area (Å²) in [5, 5.41) is 0.775. The normalized spacial score (nSPS) is 18.8. The number of benzene rings is 2. The van der Waals surface area contributed by atoms with Gasteiger partial charge in [-0.15, -0.1) is 0 Å². The van der Waals surface area contributed by atoms with Crippen LogP contribution >= 0.6 is 11.6 Å². The molecule has 0 aliphatic heterocycles. The summed E-state index contributed by atoms with van der Waals surface area (Å²) in [6.45, 7) is 0. The Morgan fingerprint density at radius 1 is 1.15 bits per heavy atom. The van der Waals surface area contributed by atoms with Gasteiger partial charge in [-0.05, 0) is 48.1 Å². The highest BCUT2D eigenvalue weighted by Gasteiger charge is 2.28. The van der Waals surface area contributed by atoms with Gasteiger partial charge in [0, 0.05) is 17.0 Å². The van der Waals surface area contributed by atoms with Crippen LogP contribution < -0.4 is 11.3 Å². The number of fused-ring (bicyclic) bond motifs is 1. The fourth-order valence-corrected chi connectivity index (χ4v) is 3.33. The van der Waals surface area contributed by atoms with Crippen molar-refractivity contribution < 1.29 is 0 Å². The molecule has 2 unspecified atom stereocenters.